The number of nitrogens with zero attached hydrogens (tertiary/aromatic N) is 1. The fourth-order valence-corrected chi connectivity index (χ4v) is 5.59. The molecular weight excluding hydrogens is 447 g/mol. The summed E-state index contributed by atoms with van der Waals surface area (Å²) in [6.07, 6.45) is -1.56. The molecule has 4 rings (SSSR count). The van der Waals surface area contributed by atoms with Crippen LogP contribution >= 0.6 is 22.9 Å². The van der Waals surface area contributed by atoms with Crippen molar-refractivity contribution >= 4 is 33.0 Å². The first-order valence-corrected chi connectivity index (χ1v) is 11.3. The Balaban J connectivity index is 1.61. The molecule has 8 heteroatoms. The summed E-state index contributed by atoms with van der Waals surface area (Å²) in [5.41, 5.74) is -2.36. The lowest BCUT2D eigenvalue weighted by atomic mass is 9.72. The molecule has 1 unspecified atom stereocenters. The lowest BCUT2D eigenvalue weighted by Crippen LogP contribution is -2.49. The van der Waals surface area contributed by atoms with Crippen LogP contribution in [0.5, 0.6) is 5.75 Å². The van der Waals surface area contributed by atoms with Crippen molar-refractivity contribution in [2.75, 3.05) is 6.61 Å². The average Bonchev–Trinajstić information content (AvgIpc) is 3.30. The topological polar surface area (TPSA) is 42.4 Å². The number of ether oxygens (including phenoxy) is 1. The van der Waals surface area contributed by atoms with Gasteiger partial charge < -0.3 is 9.84 Å². The normalized spacial score (nSPS) is 16.2. The number of aliphatic hydroxyl groups is 1. The van der Waals surface area contributed by atoms with Crippen molar-refractivity contribution < 1.29 is 23.0 Å². The van der Waals surface area contributed by atoms with Crippen molar-refractivity contribution in [2.24, 2.45) is 0 Å². The van der Waals surface area contributed by atoms with Crippen molar-refractivity contribution in [3.05, 3.63) is 57.7 Å². The Hall–Kier alpha value is -1.83. The van der Waals surface area contributed by atoms with Crippen LogP contribution < -0.4 is 4.74 Å². The minimum atomic E-state index is -4.77. The third-order valence-electron chi connectivity index (χ3n) is 5.89. The van der Waals surface area contributed by atoms with E-state index in [1.807, 2.05) is 12.1 Å². The number of benzene rings is 1. The maximum Gasteiger partial charge on any atom is 0.417 e. The zero-order valence-electron chi connectivity index (χ0n) is 17.2. The average molecular weight is 470 g/mol. The van der Waals surface area contributed by atoms with Gasteiger partial charge in [0.15, 0.2) is 5.60 Å². The summed E-state index contributed by atoms with van der Waals surface area (Å²) < 4.78 is 49.0. The van der Waals surface area contributed by atoms with Crippen LogP contribution in [0.2, 0.25) is 5.02 Å². The number of fused-ring (bicyclic) bond motifs is 2. The minimum absolute atomic E-state index is 0.121. The third kappa shape index (κ3) is 4.41. The molecule has 1 atom stereocenters. The lowest BCUT2D eigenvalue weighted by molar-refractivity contribution is -0.269. The van der Waals surface area contributed by atoms with Gasteiger partial charge in [0.05, 0.1) is 6.61 Å². The lowest BCUT2D eigenvalue weighted by Gasteiger charge is -2.38. The van der Waals surface area contributed by atoms with Crippen molar-refractivity contribution in [1.82, 2.24) is 4.98 Å². The quantitative estimate of drug-likeness (QED) is 0.449. The van der Waals surface area contributed by atoms with Gasteiger partial charge in [0, 0.05) is 44.4 Å². The Morgan fingerprint density at radius 1 is 1.23 bits per heavy atom. The fourth-order valence-electron chi connectivity index (χ4n) is 4.32. The number of hydrogen-bond donors (Lipinski definition) is 1. The van der Waals surface area contributed by atoms with Gasteiger partial charge in [0.25, 0.3) is 0 Å². The molecule has 0 aliphatic carbocycles. The number of rotatable bonds is 6. The maximum absolute atomic E-state index is 14.1. The Labute approximate surface area is 187 Å². The molecule has 0 bridgehead atoms. The van der Waals surface area contributed by atoms with E-state index in [1.165, 1.54) is 11.3 Å². The van der Waals surface area contributed by atoms with Crippen LogP contribution in [0.15, 0.2) is 36.7 Å². The molecule has 3 nitrogen and oxygen atoms in total. The molecule has 0 amide bonds. The summed E-state index contributed by atoms with van der Waals surface area (Å²) in [4.78, 5) is 4.83. The van der Waals surface area contributed by atoms with Crippen LogP contribution in [0.1, 0.15) is 42.7 Å². The number of alkyl halides is 3. The summed E-state index contributed by atoms with van der Waals surface area (Å²) in [5.74, 6) is 0.593. The second kappa shape index (κ2) is 7.94. The van der Waals surface area contributed by atoms with E-state index in [9.17, 15) is 18.3 Å². The third-order valence-corrected chi connectivity index (χ3v) is 7.29. The highest BCUT2D eigenvalue weighted by molar-refractivity contribution is 7.19. The van der Waals surface area contributed by atoms with E-state index in [0.717, 1.165) is 20.5 Å². The number of hydrogen-bond acceptors (Lipinski definition) is 4. The van der Waals surface area contributed by atoms with Gasteiger partial charge in [-0.05, 0) is 54.5 Å². The molecule has 0 saturated heterocycles. The van der Waals surface area contributed by atoms with Crippen molar-refractivity contribution in [2.45, 2.75) is 56.7 Å². The summed E-state index contributed by atoms with van der Waals surface area (Å²) in [7, 11) is 0. The second-order valence-corrected chi connectivity index (χ2v) is 10.4. The van der Waals surface area contributed by atoms with Gasteiger partial charge in [-0.15, -0.1) is 11.3 Å². The molecule has 1 aliphatic rings. The fraction of sp³-hybridized carbons (Fsp3) is 0.435. The van der Waals surface area contributed by atoms with Crippen molar-refractivity contribution in [3.8, 4) is 5.75 Å². The van der Waals surface area contributed by atoms with E-state index in [2.05, 4.69) is 4.98 Å². The van der Waals surface area contributed by atoms with Gasteiger partial charge in [0.2, 0.25) is 0 Å². The zero-order valence-corrected chi connectivity index (χ0v) is 18.8. The molecule has 1 aliphatic heterocycles. The highest BCUT2D eigenvalue weighted by Gasteiger charge is 2.55. The molecule has 0 radical (unpaired) electrons. The predicted molar refractivity (Wildman–Crippen MR) is 117 cm³/mol. The second-order valence-electron chi connectivity index (χ2n) is 8.76. The molecule has 31 heavy (non-hydrogen) atoms. The molecule has 166 valence electrons. The van der Waals surface area contributed by atoms with Gasteiger partial charge in [-0.25, -0.2) is 0 Å². The van der Waals surface area contributed by atoms with Crippen LogP contribution in [0.4, 0.5) is 13.2 Å². The first kappa shape index (κ1) is 22.4. The number of thiophene rings is 1. The molecule has 0 fully saturated rings. The van der Waals surface area contributed by atoms with E-state index < -0.39 is 30.0 Å². The first-order valence-electron chi connectivity index (χ1n) is 10.1. The summed E-state index contributed by atoms with van der Waals surface area (Å²) in [5, 5.41) is 12.2. The number of halogens is 4. The molecule has 1 aromatic carbocycles. The Bertz CT molecular complexity index is 1080. The van der Waals surface area contributed by atoms with Gasteiger partial charge >= 0.3 is 6.18 Å². The van der Waals surface area contributed by atoms with Gasteiger partial charge in [0.1, 0.15) is 5.75 Å². The molecule has 2 aromatic heterocycles. The Morgan fingerprint density at radius 2 is 2.00 bits per heavy atom. The van der Waals surface area contributed by atoms with Crippen LogP contribution in [0.3, 0.4) is 0 Å². The molecular formula is C23H23ClF3NO2S. The molecule has 0 spiro atoms. The van der Waals surface area contributed by atoms with Crippen LogP contribution in [0, 0.1) is 0 Å². The maximum atomic E-state index is 14.1. The van der Waals surface area contributed by atoms with Gasteiger partial charge in [-0.1, -0.05) is 25.4 Å². The predicted octanol–water partition coefficient (Wildman–Crippen LogP) is 6.48. The van der Waals surface area contributed by atoms with E-state index in [-0.39, 0.29) is 6.42 Å². The van der Waals surface area contributed by atoms with Gasteiger partial charge in [-0.3, -0.25) is 4.98 Å². The van der Waals surface area contributed by atoms with Crippen LogP contribution in [0.25, 0.3) is 10.1 Å². The Morgan fingerprint density at radius 3 is 2.71 bits per heavy atom. The van der Waals surface area contributed by atoms with Crippen LogP contribution in [-0.2, 0) is 18.3 Å². The molecule has 3 aromatic rings. The summed E-state index contributed by atoms with van der Waals surface area (Å²) in [6, 6.07) is 7.12. The number of aryl methyl sites for hydroxylation is 1. The van der Waals surface area contributed by atoms with E-state index in [4.69, 9.17) is 16.3 Å². The van der Waals surface area contributed by atoms with E-state index >= 15 is 0 Å². The highest BCUT2D eigenvalue weighted by Crippen LogP contribution is 2.48. The van der Waals surface area contributed by atoms with Gasteiger partial charge in [-0.2, -0.15) is 13.2 Å². The van der Waals surface area contributed by atoms with Crippen molar-refractivity contribution in [3.63, 3.8) is 0 Å². The van der Waals surface area contributed by atoms with E-state index in [0.29, 0.717) is 29.4 Å². The minimum Gasteiger partial charge on any atom is -0.493 e. The van der Waals surface area contributed by atoms with Crippen LogP contribution in [-0.4, -0.2) is 28.5 Å². The summed E-state index contributed by atoms with van der Waals surface area (Å²) >= 11 is 7.66. The highest BCUT2D eigenvalue weighted by atomic mass is 35.5. The first-order chi connectivity index (χ1) is 14.5. The monoisotopic (exact) mass is 469 g/mol. The van der Waals surface area contributed by atoms with Crippen molar-refractivity contribution in [1.29, 1.82) is 0 Å². The Kier molecular flexibility index (Phi) is 5.73. The standard InChI is InChI=1S/C23H23ClF3NO2S/c1-21(2,18-11-16(24)9-14-5-8-30-20(14)18)13-22(29,23(25,26)27)6-3-17-10-15-12-28-7-4-19(15)31-17/h4,7,9-12,29H,3,5-6,8,13H2,1-2H3. The number of pyridine rings is 1. The smallest absolute Gasteiger partial charge is 0.417 e. The van der Waals surface area contributed by atoms with E-state index in [1.54, 1.807) is 38.4 Å². The SMILES string of the molecule is CC(C)(CC(O)(CCc1cc2cnccc2s1)C(F)(F)F)c1cc(Cl)cc2c1OCC2. The number of aromatic nitrogens is 1. The molecule has 0 saturated carbocycles. The molecule has 3 heterocycles. The summed E-state index contributed by atoms with van der Waals surface area (Å²) in [6.45, 7) is 3.87. The largest absolute Gasteiger partial charge is 0.493 e. The molecule has 1 N–H and O–H groups in total. The zero-order chi connectivity index (χ0) is 22.4.